The molecule has 1 N–H and O–H groups in total. The van der Waals surface area contributed by atoms with Crippen molar-refractivity contribution in [1.82, 2.24) is 10.3 Å². The number of furan rings is 1. The fourth-order valence-electron chi connectivity index (χ4n) is 2.20. The Bertz CT molecular complexity index is 629. The maximum Gasteiger partial charge on any atom is 0.251 e. The maximum absolute atomic E-state index is 12.2. The van der Waals surface area contributed by atoms with Crippen molar-refractivity contribution in [2.45, 2.75) is 33.7 Å². The van der Waals surface area contributed by atoms with Gasteiger partial charge in [0.05, 0.1) is 6.04 Å². The van der Waals surface area contributed by atoms with E-state index in [4.69, 9.17) is 16.0 Å². The normalized spacial score (nSPS) is 12.2. The lowest BCUT2D eigenvalue weighted by Crippen LogP contribution is -2.27. The molecule has 0 radical (unpaired) electrons. The molecule has 2 heterocycles. The van der Waals surface area contributed by atoms with E-state index in [-0.39, 0.29) is 11.9 Å². The van der Waals surface area contributed by atoms with Crippen LogP contribution in [0, 0.1) is 20.8 Å². The molecule has 0 saturated heterocycles. The number of hydrogen-bond acceptors (Lipinski definition) is 3. The second kappa shape index (κ2) is 5.67. The molecule has 1 atom stereocenters. The number of aryl methyl sites for hydroxylation is 3. The highest BCUT2D eigenvalue weighted by Crippen LogP contribution is 2.21. The summed E-state index contributed by atoms with van der Waals surface area (Å²) in [6, 6.07) is 5.07. The SMILES string of the molecule is Cc1cc(C(=O)NC(C)c2cc(C)oc2C)cc(Cl)n1. The number of halogens is 1. The highest BCUT2D eigenvalue weighted by atomic mass is 35.5. The average Bonchev–Trinajstić information content (AvgIpc) is 2.67. The average molecular weight is 293 g/mol. The van der Waals surface area contributed by atoms with E-state index in [1.165, 1.54) is 0 Å². The summed E-state index contributed by atoms with van der Waals surface area (Å²) in [7, 11) is 0. The number of nitrogens with one attached hydrogen (secondary N) is 1. The Morgan fingerprint density at radius 1 is 1.30 bits per heavy atom. The van der Waals surface area contributed by atoms with Gasteiger partial charge in [0.2, 0.25) is 0 Å². The van der Waals surface area contributed by atoms with Crippen LogP contribution in [0.3, 0.4) is 0 Å². The molecule has 0 spiro atoms. The van der Waals surface area contributed by atoms with Crippen LogP contribution in [-0.4, -0.2) is 10.9 Å². The second-order valence-electron chi connectivity index (χ2n) is 4.88. The van der Waals surface area contributed by atoms with Crippen LogP contribution in [0.25, 0.3) is 0 Å². The van der Waals surface area contributed by atoms with Crippen molar-refractivity contribution in [2.75, 3.05) is 0 Å². The molecule has 2 rings (SSSR count). The van der Waals surface area contributed by atoms with Crippen LogP contribution in [-0.2, 0) is 0 Å². The van der Waals surface area contributed by atoms with Crippen molar-refractivity contribution in [3.05, 3.63) is 51.7 Å². The van der Waals surface area contributed by atoms with E-state index in [1.807, 2.05) is 26.8 Å². The lowest BCUT2D eigenvalue weighted by atomic mass is 10.1. The van der Waals surface area contributed by atoms with Crippen LogP contribution in [0.15, 0.2) is 22.6 Å². The minimum Gasteiger partial charge on any atom is -0.466 e. The lowest BCUT2D eigenvalue weighted by Gasteiger charge is -2.13. The van der Waals surface area contributed by atoms with Crippen LogP contribution in [0.4, 0.5) is 0 Å². The minimum absolute atomic E-state index is 0.132. The maximum atomic E-state index is 12.2. The predicted octanol–water partition coefficient (Wildman–Crippen LogP) is 3.74. The summed E-state index contributed by atoms with van der Waals surface area (Å²) in [4.78, 5) is 16.3. The summed E-state index contributed by atoms with van der Waals surface area (Å²) < 4.78 is 5.48. The smallest absolute Gasteiger partial charge is 0.251 e. The standard InChI is InChI=1S/C15H17ClN2O2/c1-8-5-12(7-14(16)17-8)15(19)18-10(3)13-6-9(2)20-11(13)4/h5-7,10H,1-4H3,(H,18,19). The zero-order chi connectivity index (χ0) is 14.9. The fourth-order valence-corrected chi connectivity index (χ4v) is 2.45. The van der Waals surface area contributed by atoms with E-state index in [1.54, 1.807) is 19.1 Å². The predicted molar refractivity (Wildman–Crippen MR) is 78.0 cm³/mol. The van der Waals surface area contributed by atoms with Crippen molar-refractivity contribution in [3.8, 4) is 0 Å². The molecule has 0 fully saturated rings. The monoisotopic (exact) mass is 292 g/mol. The van der Waals surface area contributed by atoms with Gasteiger partial charge >= 0.3 is 0 Å². The largest absolute Gasteiger partial charge is 0.466 e. The first kappa shape index (κ1) is 14.6. The number of carbonyl (C=O) groups is 1. The minimum atomic E-state index is -0.178. The summed E-state index contributed by atoms with van der Waals surface area (Å²) in [5.41, 5.74) is 2.20. The first-order valence-corrected chi connectivity index (χ1v) is 6.76. The van der Waals surface area contributed by atoms with Crippen LogP contribution < -0.4 is 5.32 Å². The molecular formula is C15H17ClN2O2. The number of amides is 1. The molecule has 1 unspecified atom stereocenters. The first-order chi connectivity index (χ1) is 9.36. The van der Waals surface area contributed by atoms with Gasteiger partial charge in [-0.15, -0.1) is 0 Å². The fraction of sp³-hybridized carbons (Fsp3) is 0.333. The number of rotatable bonds is 3. The van der Waals surface area contributed by atoms with Crippen molar-refractivity contribution < 1.29 is 9.21 Å². The van der Waals surface area contributed by atoms with Crippen LogP contribution in [0.1, 0.15) is 46.1 Å². The van der Waals surface area contributed by atoms with Gasteiger partial charge in [0.15, 0.2) is 0 Å². The molecule has 20 heavy (non-hydrogen) atoms. The summed E-state index contributed by atoms with van der Waals surface area (Å²) in [6.45, 7) is 7.50. The Hall–Kier alpha value is -1.81. The van der Waals surface area contributed by atoms with Gasteiger partial charge in [-0.25, -0.2) is 4.98 Å². The molecule has 1 amide bonds. The van der Waals surface area contributed by atoms with E-state index in [0.29, 0.717) is 16.4 Å². The lowest BCUT2D eigenvalue weighted by molar-refractivity contribution is 0.0939. The summed E-state index contributed by atoms with van der Waals surface area (Å²) in [5, 5.41) is 3.25. The highest BCUT2D eigenvalue weighted by molar-refractivity contribution is 6.29. The van der Waals surface area contributed by atoms with E-state index in [2.05, 4.69) is 10.3 Å². The van der Waals surface area contributed by atoms with E-state index < -0.39 is 0 Å². The third-order valence-corrected chi connectivity index (χ3v) is 3.27. The molecule has 0 saturated carbocycles. The Labute approximate surface area is 123 Å². The number of pyridine rings is 1. The first-order valence-electron chi connectivity index (χ1n) is 6.39. The number of hydrogen-bond donors (Lipinski definition) is 1. The van der Waals surface area contributed by atoms with Crippen LogP contribution >= 0.6 is 11.6 Å². The van der Waals surface area contributed by atoms with Gasteiger partial charge in [-0.2, -0.15) is 0 Å². The number of carbonyl (C=O) groups excluding carboxylic acids is 1. The highest BCUT2D eigenvalue weighted by Gasteiger charge is 2.16. The molecule has 5 heteroatoms. The van der Waals surface area contributed by atoms with Crippen molar-refractivity contribution >= 4 is 17.5 Å². The van der Waals surface area contributed by atoms with Crippen molar-refractivity contribution in [3.63, 3.8) is 0 Å². The third kappa shape index (κ3) is 3.20. The molecule has 0 bridgehead atoms. The topological polar surface area (TPSA) is 55.1 Å². The molecule has 106 valence electrons. The summed E-state index contributed by atoms with van der Waals surface area (Å²) in [6.07, 6.45) is 0. The summed E-state index contributed by atoms with van der Waals surface area (Å²) >= 11 is 5.87. The zero-order valence-corrected chi connectivity index (χ0v) is 12.7. The van der Waals surface area contributed by atoms with Gasteiger partial charge in [0, 0.05) is 16.8 Å². The Kier molecular flexibility index (Phi) is 4.14. The van der Waals surface area contributed by atoms with Crippen LogP contribution in [0.2, 0.25) is 5.15 Å². The molecule has 0 aliphatic carbocycles. The van der Waals surface area contributed by atoms with E-state index in [9.17, 15) is 4.79 Å². The molecular weight excluding hydrogens is 276 g/mol. The van der Waals surface area contributed by atoms with Crippen LogP contribution in [0.5, 0.6) is 0 Å². The van der Waals surface area contributed by atoms with Crippen molar-refractivity contribution in [1.29, 1.82) is 0 Å². The van der Waals surface area contributed by atoms with Gasteiger partial charge in [-0.1, -0.05) is 11.6 Å². The van der Waals surface area contributed by atoms with Gasteiger partial charge in [0.1, 0.15) is 16.7 Å². The molecule has 0 aromatic carbocycles. The Morgan fingerprint density at radius 2 is 2.00 bits per heavy atom. The quantitative estimate of drug-likeness (QED) is 0.877. The molecule has 0 aliphatic heterocycles. The van der Waals surface area contributed by atoms with E-state index >= 15 is 0 Å². The molecule has 4 nitrogen and oxygen atoms in total. The summed E-state index contributed by atoms with van der Waals surface area (Å²) in [5.74, 6) is 1.48. The van der Waals surface area contributed by atoms with Gasteiger partial charge < -0.3 is 9.73 Å². The van der Waals surface area contributed by atoms with Gasteiger partial charge in [0.25, 0.3) is 5.91 Å². The number of aromatic nitrogens is 1. The number of nitrogens with zero attached hydrogens (tertiary/aromatic N) is 1. The molecule has 0 aliphatic rings. The molecule has 2 aromatic rings. The van der Waals surface area contributed by atoms with E-state index in [0.717, 1.165) is 17.1 Å². The van der Waals surface area contributed by atoms with Crippen molar-refractivity contribution in [2.24, 2.45) is 0 Å². The second-order valence-corrected chi connectivity index (χ2v) is 5.27. The Morgan fingerprint density at radius 3 is 2.55 bits per heavy atom. The van der Waals surface area contributed by atoms with Gasteiger partial charge in [-0.05, 0) is 45.9 Å². The zero-order valence-electron chi connectivity index (χ0n) is 12.0. The Balaban J connectivity index is 2.17. The molecule has 2 aromatic heterocycles. The third-order valence-electron chi connectivity index (χ3n) is 3.08. The van der Waals surface area contributed by atoms with Gasteiger partial charge in [-0.3, -0.25) is 4.79 Å².